The van der Waals surface area contributed by atoms with Gasteiger partial charge in [0, 0.05) is 18.1 Å². The minimum atomic E-state index is -3.82. The highest BCUT2D eigenvalue weighted by atomic mass is 79.9. The molecule has 0 spiro atoms. The van der Waals surface area contributed by atoms with E-state index in [0.29, 0.717) is 10.0 Å². The molecule has 108 valence electrons. The van der Waals surface area contributed by atoms with Gasteiger partial charge in [-0.15, -0.1) is 0 Å². The number of nitrogens with two attached hydrogens (primary N) is 1. The molecular weight excluding hydrogens is 351 g/mol. The number of imidazole rings is 1. The third-order valence-corrected chi connectivity index (χ3v) is 4.93. The molecular formula is C11H12BrFN4O2S. The van der Waals surface area contributed by atoms with Crippen molar-refractivity contribution in [1.82, 2.24) is 14.3 Å². The van der Waals surface area contributed by atoms with E-state index in [1.807, 2.05) is 0 Å². The lowest BCUT2D eigenvalue weighted by molar-refractivity contribution is 0.570. The van der Waals surface area contributed by atoms with E-state index in [9.17, 15) is 12.8 Å². The summed E-state index contributed by atoms with van der Waals surface area (Å²) in [4.78, 5) is 3.72. The van der Waals surface area contributed by atoms with Gasteiger partial charge in [-0.25, -0.2) is 22.5 Å². The summed E-state index contributed by atoms with van der Waals surface area (Å²) in [7, 11) is -2.30. The zero-order valence-electron chi connectivity index (χ0n) is 10.5. The molecule has 6 nitrogen and oxygen atoms in total. The van der Waals surface area contributed by atoms with Crippen LogP contribution in [0.2, 0.25) is 0 Å². The van der Waals surface area contributed by atoms with Gasteiger partial charge in [0.05, 0.1) is 6.33 Å². The molecule has 0 radical (unpaired) electrons. The lowest BCUT2D eigenvalue weighted by Gasteiger charge is -2.09. The van der Waals surface area contributed by atoms with Gasteiger partial charge in [-0.2, -0.15) is 0 Å². The molecule has 2 aromatic rings. The van der Waals surface area contributed by atoms with Gasteiger partial charge in [0.2, 0.25) is 0 Å². The predicted molar refractivity (Wildman–Crippen MR) is 75.7 cm³/mol. The maximum absolute atomic E-state index is 13.1. The number of anilines is 1. The Kier molecular flexibility index (Phi) is 4.11. The van der Waals surface area contributed by atoms with Gasteiger partial charge in [0.1, 0.15) is 5.82 Å². The third-order valence-electron chi connectivity index (χ3n) is 2.62. The minimum absolute atomic E-state index is 0.0642. The van der Waals surface area contributed by atoms with E-state index in [4.69, 9.17) is 5.73 Å². The van der Waals surface area contributed by atoms with E-state index in [0.717, 1.165) is 0 Å². The summed E-state index contributed by atoms with van der Waals surface area (Å²) in [6.45, 7) is -0.0642. The molecule has 0 saturated heterocycles. The van der Waals surface area contributed by atoms with Crippen LogP contribution >= 0.6 is 15.9 Å². The van der Waals surface area contributed by atoms with Crippen LogP contribution < -0.4 is 10.5 Å². The molecule has 3 N–H and O–H groups in total. The average molecular weight is 363 g/mol. The number of aromatic nitrogens is 2. The predicted octanol–water partition coefficient (Wildman–Crippen LogP) is 1.38. The Labute approximate surface area is 124 Å². The summed E-state index contributed by atoms with van der Waals surface area (Å²) in [5, 5.41) is -0.120. The number of nitrogens with zero attached hydrogens (tertiary/aromatic N) is 2. The van der Waals surface area contributed by atoms with E-state index < -0.39 is 15.8 Å². The van der Waals surface area contributed by atoms with Crippen LogP contribution in [0.15, 0.2) is 34.0 Å². The molecule has 0 atom stereocenters. The van der Waals surface area contributed by atoms with Crippen molar-refractivity contribution >= 4 is 31.8 Å². The van der Waals surface area contributed by atoms with Crippen molar-refractivity contribution in [2.45, 2.75) is 11.6 Å². The van der Waals surface area contributed by atoms with Crippen LogP contribution in [0, 0.1) is 5.82 Å². The molecule has 2 rings (SSSR count). The van der Waals surface area contributed by atoms with Crippen LogP contribution in [0.5, 0.6) is 0 Å². The van der Waals surface area contributed by atoms with E-state index >= 15 is 0 Å². The molecule has 9 heteroatoms. The van der Waals surface area contributed by atoms with Crippen molar-refractivity contribution in [3.05, 3.63) is 40.4 Å². The maximum Gasteiger partial charge on any atom is 0.260 e. The van der Waals surface area contributed by atoms with Gasteiger partial charge in [-0.3, -0.25) is 0 Å². The highest BCUT2D eigenvalue weighted by molar-refractivity contribution is 9.10. The fraction of sp³-hybridized carbons (Fsp3) is 0.182. The molecule has 0 unspecified atom stereocenters. The first-order valence-electron chi connectivity index (χ1n) is 5.51. The molecule has 1 aromatic heterocycles. The van der Waals surface area contributed by atoms with Crippen molar-refractivity contribution in [2.75, 3.05) is 5.73 Å². The largest absolute Gasteiger partial charge is 0.381 e. The molecule has 20 heavy (non-hydrogen) atoms. The van der Waals surface area contributed by atoms with E-state index in [1.54, 1.807) is 0 Å². The second-order valence-electron chi connectivity index (χ2n) is 4.11. The summed E-state index contributed by atoms with van der Waals surface area (Å²) < 4.78 is 41.7. The summed E-state index contributed by atoms with van der Waals surface area (Å²) >= 11 is 3.23. The topological polar surface area (TPSA) is 90.0 Å². The van der Waals surface area contributed by atoms with Gasteiger partial charge in [-0.05, 0) is 23.8 Å². The number of sulfonamides is 1. The van der Waals surface area contributed by atoms with Crippen molar-refractivity contribution in [3.63, 3.8) is 0 Å². The smallest absolute Gasteiger partial charge is 0.260 e. The zero-order valence-corrected chi connectivity index (χ0v) is 12.9. The molecule has 0 bridgehead atoms. The van der Waals surface area contributed by atoms with Crippen molar-refractivity contribution < 1.29 is 12.8 Å². The number of nitrogens with one attached hydrogen (secondary N) is 1. The summed E-state index contributed by atoms with van der Waals surface area (Å²) in [6.07, 6.45) is 1.31. The third kappa shape index (κ3) is 3.00. The van der Waals surface area contributed by atoms with Gasteiger partial charge >= 0.3 is 0 Å². The number of rotatable bonds is 4. The van der Waals surface area contributed by atoms with Crippen LogP contribution in [-0.2, 0) is 23.6 Å². The van der Waals surface area contributed by atoms with Crippen molar-refractivity contribution in [1.29, 1.82) is 0 Å². The molecule has 0 aliphatic rings. The molecule has 1 heterocycles. The maximum atomic E-state index is 13.1. The Balaban J connectivity index is 2.24. The Morgan fingerprint density at radius 1 is 1.50 bits per heavy atom. The SMILES string of the molecule is Cn1cnc(N)c1S(=O)(=O)NCc1cc(F)ccc1Br. The molecule has 0 aliphatic carbocycles. The second-order valence-corrected chi connectivity index (χ2v) is 6.64. The van der Waals surface area contributed by atoms with Crippen LogP contribution in [0.3, 0.4) is 0 Å². The number of aryl methyl sites for hydroxylation is 1. The van der Waals surface area contributed by atoms with Gasteiger partial charge in [0.25, 0.3) is 10.0 Å². The number of hydrogen-bond donors (Lipinski definition) is 2. The van der Waals surface area contributed by atoms with Crippen molar-refractivity contribution in [2.24, 2.45) is 7.05 Å². The monoisotopic (exact) mass is 362 g/mol. The average Bonchev–Trinajstić information content (AvgIpc) is 2.71. The van der Waals surface area contributed by atoms with Crippen LogP contribution in [0.4, 0.5) is 10.2 Å². The summed E-state index contributed by atoms with van der Waals surface area (Å²) in [6, 6.07) is 4.04. The summed E-state index contributed by atoms with van der Waals surface area (Å²) in [5.74, 6) is -0.527. The first kappa shape index (κ1) is 14.9. The number of halogens is 2. The standard InChI is InChI=1S/C11H12BrFN4O2S/c1-17-6-15-10(14)11(17)20(18,19)16-5-7-4-8(13)2-3-9(7)12/h2-4,6,16H,5,14H2,1H3. The van der Waals surface area contributed by atoms with Crippen LogP contribution in [0.1, 0.15) is 5.56 Å². The lowest BCUT2D eigenvalue weighted by Crippen LogP contribution is -2.26. The second kappa shape index (κ2) is 5.51. The highest BCUT2D eigenvalue weighted by Crippen LogP contribution is 2.20. The lowest BCUT2D eigenvalue weighted by atomic mass is 10.2. The van der Waals surface area contributed by atoms with E-state index in [-0.39, 0.29) is 17.4 Å². The Morgan fingerprint density at radius 2 is 2.20 bits per heavy atom. The number of benzene rings is 1. The Morgan fingerprint density at radius 3 is 2.80 bits per heavy atom. The molecule has 0 amide bonds. The molecule has 0 saturated carbocycles. The normalized spacial score (nSPS) is 11.8. The molecule has 0 aliphatic heterocycles. The van der Waals surface area contributed by atoms with E-state index in [2.05, 4.69) is 25.6 Å². The van der Waals surface area contributed by atoms with Gasteiger partial charge < -0.3 is 10.3 Å². The fourth-order valence-corrected chi connectivity index (χ4v) is 3.31. The Bertz CT molecular complexity index is 725. The number of nitrogen functional groups attached to an aromatic ring is 1. The van der Waals surface area contributed by atoms with Crippen LogP contribution in [0.25, 0.3) is 0 Å². The zero-order chi connectivity index (χ0) is 14.9. The fourth-order valence-electron chi connectivity index (χ4n) is 1.68. The number of hydrogen-bond acceptors (Lipinski definition) is 4. The first-order valence-corrected chi connectivity index (χ1v) is 7.79. The van der Waals surface area contributed by atoms with Gasteiger partial charge in [-0.1, -0.05) is 15.9 Å². The quantitative estimate of drug-likeness (QED) is 0.859. The molecule has 1 aromatic carbocycles. The van der Waals surface area contributed by atoms with E-state index in [1.165, 1.54) is 36.1 Å². The Hall–Kier alpha value is -1.45. The van der Waals surface area contributed by atoms with Crippen LogP contribution in [-0.4, -0.2) is 18.0 Å². The minimum Gasteiger partial charge on any atom is -0.381 e. The van der Waals surface area contributed by atoms with Crippen molar-refractivity contribution in [3.8, 4) is 0 Å². The molecule has 0 fully saturated rings. The summed E-state index contributed by atoms with van der Waals surface area (Å²) in [5.41, 5.74) is 6.01. The van der Waals surface area contributed by atoms with Gasteiger partial charge in [0.15, 0.2) is 10.8 Å². The highest BCUT2D eigenvalue weighted by Gasteiger charge is 2.22. The first-order chi connectivity index (χ1) is 9.31.